The number of hydrogen-bond acceptors (Lipinski definition) is 4. The van der Waals surface area contributed by atoms with Crippen LogP contribution in [0.15, 0.2) is 52.0 Å². The quantitative estimate of drug-likeness (QED) is 0.594. The SMILES string of the molecule is COc1ccc(C(=O)N/N=C\c2cc(Br)ccc2OC(F)F)cc1. The van der Waals surface area contributed by atoms with Crippen LogP contribution in [0.1, 0.15) is 15.9 Å². The number of ether oxygens (including phenoxy) is 2. The first-order valence-corrected chi connectivity index (χ1v) is 7.50. The molecule has 0 unspecified atom stereocenters. The van der Waals surface area contributed by atoms with Crippen LogP contribution >= 0.6 is 15.9 Å². The van der Waals surface area contributed by atoms with Crippen LogP contribution in [0.5, 0.6) is 11.5 Å². The van der Waals surface area contributed by atoms with Crippen molar-refractivity contribution in [1.82, 2.24) is 5.43 Å². The van der Waals surface area contributed by atoms with Crippen molar-refractivity contribution >= 4 is 28.1 Å². The van der Waals surface area contributed by atoms with Crippen LogP contribution in [0.2, 0.25) is 0 Å². The Labute approximate surface area is 145 Å². The van der Waals surface area contributed by atoms with Crippen LogP contribution in [-0.2, 0) is 0 Å². The first-order valence-electron chi connectivity index (χ1n) is 6.71. The van der Waals surface area contributed by atoms with Gasteiger partial charge >= 0.3 is 6.61 Å². The summed E-state index contributed by atoms with van der Waals surface area (Å²) in [4.78, 5) is 11.9. The van der Waals surface area contributed by atoms with Gasteiger partial charge in [0.05, 0.1) is 13.3 Å². The van der Waals surface area contributed by atoms with Crippen LogP contribution in [0.25, 0.3) is 0 Å². The fraction of sp³-hybridized carbons (Fsp3) is 0.125. The van der Waals surface area contributed by atoms with Gasteiger partial charge in [0.2, 0.25) is 0 Å². The van der Waals surface area contributed by atoms with Crippen LogP contribution < -0.4 is 14.9 Å². The maximum absolute atomic E-state index is 12.4. The molecule has 0 aromatic heterocycles. The summed E-state index contributed by atoms with van der Waals surface area (Å²) in [5.41, 5.74) is 2.99. The first-order chi connectivity index (χ1) is 11.5. The van der Waals surface area contributed by atoms with Crippen LogP contribution in [0.3, 0.4) is 0 Å². The molecule has 0 heterocycles. The van der Waals surface area contributed by atoms with Gasteiger partial charge < -0.3 is 9.47 Å². The number of alkyl halides is 2. The van der Waals surface area contributed by atoms with Gasteiger partial charge in [-0.3, -0.25) is 4.79 Å². The molecule has 0 aliphatic heterocycles. The van der Waals surface area contributed by atoms with Gasteiger partial charge in [-0.25, -0.2) is 5.43 Å². The van der Waals surface area contributed by atoms with Gasteiger partial charge in [0.15, 0.2) is 0 Å². The Kier molecular flexibility index (Phi) is 6.25. The molecule has 0 atom stereocenters. The molecule has 5 nitrogen and oxygen atoms in total. The Morgan fingerprint density at radius 3 is 2.58 bits per heavy atom. The molecule has 24 heavy (non-hydrogen) atoms. The summed E-state index contributed by atoms with van der Waals surface area (Å²) in [7, 11) is 1.52. The van der Waals surface area contributed by atoms with E-state index in [1.807, 2.05) is 0 Å². The number of nitrogens with one attached hydrogen (secondary N) is 1. The third-order valence-electron chi connectivity index (χ3n) is 2.91. The molecule has 0 radical (unpaired) electrons. The molecule has 8 heteroatoms. The van der Waals surface area contributed by atoms with Gasteiger partial charge in [-0.05, 0) is 42.5 Å². The summed E-state index contributed by atoms with van der Waals surface area (Å²) in [6.45, 7) is -2.95. The minimum absolute atomic E-state index is 0.0457. The van der Waals surface area contributed by atoms with Crippen molar-refractivity contribution in [3.05, 3.63) is 58.1 Å². The van der Waals surface area contributed by atoms with E-state index in [1.54, 1.807) is 36.4 Å². The van der Waals surface area contributed by atoms with Crippen molar-refractivity contribution in [2.45, 2.75) is 6.61 Å². The Balaban J connectivity index is 2.07. The number of carbonyl (C=O) groups excluding carboxylic acids is 1. The van der Waals surface area contributed by atoms with Crippen molar-refractivity contribution in [3.8, 4) is 11.5 Å². The van der Waals surface area contributed by atoms with Crippen LogP contribution in [0, 0.1) is 0 Å². The van der Waals surface area contributed by atoms with Crippen LogP contribution in [0.4, 0.5) is 8.78 Å². The summed E-state index contributed by atoms with van der Waals surface area (Å²) in [6.07, 6.45) is 1.23. The molecular formula is C16H13BrF2N2O3. The second-order valence-corrected chi connectivity index (χ2v) is 5.40. The number of hydrogen-bond donors (Lipinski definition) is 1. The highest BCUT2D eigenvalue weighted by Crippen LogP contribution is 2.23. The lowest BCUT2D eigenvalue weighted by molar-refractivity contribution is -0.0499. The molecule has 0 aliphatic carbocycles. The number of rotatable bonds is 6. The smallest absolute Gasteiger partial charge is 0.387 e. The first kappa shape index (κ1) is 17.9. The molecule has 0 saturated carbocycles. The number of hydrazone groups is 1. The van der Waals surface area contributed by atoms with Crippen molar-refractivity contribution < 1.29 is 23.0 Å². The summed E-state index contributed by atoms with van der Waals surface area (Å²) >= 11 is 3.23. The predicted molar refractivity (Wildman–Crippen MR) is 88.8 cm³/mol. The number of halogens is 3. The van der Waals surface area contributed by atoms with E-state index >= 15 is 0 Å². The Morgan fingerprint density at radius 1 is 1.25 bits per heavy atom. The van der Waals surface area contributed by atoms with Gasteiger partial charge in [0.1, 0.15) is 11.5 Å². The largest absolute Gasteiger partial charge is 0.497 e. The Hall–Kier alpha value is -2.48. The summed E-state index contributed by atoms with van der Waals surface area (Å²) in [5.74, 6) is 0.133. The molecule has 126 valence electrons. The third-order valence-corrected chi connectivity index (χ3v) is 3.40. The molecule has 2 aromatic carbocycles. The summed E-state index contributed by atoms with van der Waals surface area (Å²) in [6, 6.07) is 10.9. The van der Waals surface area contributed by atoms with Crippen LogP contribution in [-0.4, -0.2) is 25.8 Å². The minimum atomic E-state index is -2.95. The zero-order valence-corrected chi connectivity index (χ0v) is 14.1. The zero-order valence-electron chi connectivity index (χ0n) is 12.5. The highest BCUT2D eigenvalue weighted by Gasteiger charge is 2.09. The molecule has 0 aliphatic rings. The van der Waals surface area contributed by atoms with Crippen molar-refractivity contribution in [2.24, 2.45) is 5.10 Å². The number of carbonyl (C=O) groups is 1. The Morgan fingerprint density at radius 2 is 1.96 bits per heavy atom. The minimum Gasteiger partial charge on any atom is -0.497 e. The molecule has 0 bridgehead atoms. The fourth-order valence-electron chi connectivity index (χ4n) is 1.79. The number of benzene rings is 2. The lowest BCUT2D eigenvalue weighted by atomic mass is 10.2. The maximum Gasteiger partial charge on any atom is 0.387 e. The Bertz CT molecular complexity index is 737. The van der Waals surface area contributed by atoms with Gasteiger partial charge in [-0.2, -0.15) is 13.9 Å². The second kappa shape index (κ2) is 8.39. The van der Waals surface area contributed by atoms with Crippen molar-refractivity contribution in [3.63, 3.8) is 0 Å². The van der Waals surface area contributed by atoms with Crippen molar-refractivity contribution in [2.75, 3.05) is 7.11 Å². The average Bonchev–Trinajstić information content (AvgIpc) is 2.57. The summed E-state index contributed by atoms with van der Waals surface area (Å²) < 4.78 is 34.8. The van der Waals surface area contributed by atoms with E-state index in [0.29, 0.717) is 21.3 Å². The number of amides is 1. The highest BCUT2D eigenvalue weighted by molar-refractivity contribution is 9.10. The number of methoxy groups -OCH3 is 1. The summed E-state index contributed by atoms with van der Waals surface area (Å²) in [5, 5.41) is 3.77. The maximum atomic E-state index is 12.4. The van der Waals surface area contributed by atoms with E-state index in [9.17, 15) is 13.6 Å². The molecule has 0 saturated heterocycles. The van der Waals surface area contributed by atoms with E-state index in [4.69, 9.17) is 4.74 Å². The topological polar surface area (TPSA) is 59.9 Å². The van der Waals surface area contributed by atoms with E-state index < -0.39 is 12.5 Å². The van der Waals surface area contributed by atoms with Gasteiger partial charge in [0, 0.05) is 15.6 Å². The average molecular weight is 399 g/mol. The van der Waals surface area contributed by atoms with E-state index in [0.717, 1.165) is 0 Å². The molecule has 2 aromatic rings. The molecule has 0 fully saturated rings. The predicted octanol–water partition coefficient (Wildman–Crippen LogP) is 3.82. The van der Waals surface area contributed by atoms with Gasteiger partial charge in [0.25, 0.3) is 5.91 Å². The van der Waals surface area contributed by atoms with Gasteiger partial charge in [-0.15, -0.1) is 0 Å². The van der Waals surface area contributed by atoms with E-state index in [2.05, 4.69) is 31.2 Å². The monoisotopic (exact) mass is 398 g/mol. The standard InChI is InChI=1S/C16H13BrF2N2O3/c1-23-13-5-2-10(3-6-13)15(22)21-20-9-11-8-12(17)4-7-14(11)24-16(18)19/h2-9,16H,1H3,(H,21,22)/b20-9-. The molecule has 1 amide bonds. The lowest BCUT2D eigenvalue weighted by Crippen LogP contribution is -2.17. The normalized spacial score (nSPS) is 10.9. The molecular weight excluding hydrogens is 386 g/mol. The zero-order chi connectivity index (χ0) is 17.5. The lowest BCUT2D eigenvalue weighted by Gasteiger charge is -2.08. The van der Waals surface area contributed by atoms with E-state index in [1.165, 1.54) is 19.4 Å². The molecule has 1 N–H and O–H groups in total. The third kappa shape index (κ3) is 5.02. The van der Waals surface area contributed by atoms with Crippen molar-refractivity contribution in [1.29, 1.82) is 0 Å². The number of nitrogens with zero attached hydrogens (tertiary/aromatic N) is 1. The molecule has 2 rings (SSSR count). The second-order valence-electron chi connectivity index (χ2n) is 4.49. The fourth-order valence-corrected chi connectivity index (χ4v) is 2.17. The van der Waals surface area contributed by atoms with E-state index in [-0.39, 0.29) is 5.75 Å². The highest BCUT2D eigenvalue weighted by atomic mass is 79.9. The molecule has 0 spiro atoms. The van der Waals surface area contributed by atoms with Gasteiger partial charge in [-0.1, -0.05) is 15.9 Å².